The van der Waals surface area contributed by atoms with Crippen molar-refractivity contribution in [2.24, 2.45) is 7.05 Å². The molecule has 2 aromatic rings. The van der Waals surface area contributed by atoms with E-state index in [9.17, 15) is 9.59 Å². The van der Waals surface area contributed by atoms with Crippen LogP contribution in [0.25, 0.3) is 0 Å². The van der Waals surface area contributed by atoms with E-state index in [4.69, 9.17) is 5.11 Å². The van der Waals surface area contributed by atoms with Crippen LogP contribution in [0.4, 0.5) is 10.7 Å². The zero-order valence-electron chi connectivity index (χ0n) is 10.5. The number of amides is 2. The fourth-order valence-corrected chi connectivity index (χ4v) is 1.51. The highest BCUT2D eigenvalue weighted by atomic mass is 16.4. The van der Waals surface area contributed by atoms with Gasteiger partial charge in [-0.25, -0.2) is 19.6 Å². The number of aryl methyl sites for hydroxylation is 1. The van der Waals surface area contributed by atoms with Crippen LogP contribution in [0.2, 0.25) is 0 Å². The Bertz CT molecular complexity index is 612. The van der Waals surface area contributed by atoms with Crippen molar-refractivity contribution in [1.29, 1.82) is 0 Å². The number of aliphatic carboxylic acids is 1. The van der Waals surface area contributed by atoms with Gasteiger partial charge in [0, 0.05) is 31.2 Å². The third kappa shape index (κ3) is 3.28. The summed E-state index contributed by atoms with van der Waals surface area (Å²) >= 11 is 0. The summed E-state index contributed by atoms with van der Waals surface area (Å²) in [6.07, 6.45) is 5.80. The Morgan fingerprint density at radius 2 is 2.05 bits per heavy atom. The Morgan fingerprint density at radius 3 is 2.60 bits per heavy atom. The van der Waals surface area contributed by atoms with Gasteiger partial charge in [-0.1, -0.05) is 0 Å². The average molecular weight is 276 g/mol. The number of carbonyl (C=O) groups excluding carboxylic acids is 1. The molecule has 9 heteroatoms. The van der Waals surface area contributed by atoms with Crippen LogP contribution in [0, 0.1) is 0 Å². The van der Waals surface area contributed by atoms with Crippen LogP contribution in [0.3, 0.4) is 0 Å². The van der Waals surface area contributed by atoms with Crippen molar-refractivity contribution in [3.63, 3.8) is 0 Å². The van der Waals surface area contributed by atoms with Gasteiger partial charge in [0.25, 0.3) is 0 Å². The van der Waals surface area contributed by atoms with E-state index < -0.39 is 18.0 Å². The number of hydrogen-bond acceptors (Lipinski definition) is 5. The zero-order valence-corrected chi connectivity index (χ0v) is 10.5. The zero-order chi connectivity index (χ0) is 14.5. The van der Waals surface area contributed by atoms with Crippen molar-refractivity contribution in [2.45, 2.75) is 6.04 Å². The standard InChI is InChI=1S/C11H12N6O3/c1-17-6-7(5-14-17)8(9(18)19)15-11(20)16-10-12-3-2-4-13-10/h2-6,8H,1H3,(H,18,19)(H2,12,13,15,16,20). The van der Waals surface area contributed by atoms with E-state index in [1.807, 2.05) is 0 Å². The summed E-state index contributed by atoms with van der Waals surface area (Å²) in [5.41, 5.74) is 0.365. The van der Waals surface area contributed by atoms with Gasteiger partial charge in [-0.3, -0.25) is 10.00 Å². The molecule has 2 heterocycles. The van der Waals surface area contributed by atoms with Crippen LogP contribution in [0.5, 0.6) is 0 Å². The number of urea groups is 1. The number of nitrogens with zero attached hydrogens (tertiary/aromatic N) is 4. The molecular formula is C11H12N6O3. The molecule has 1 atom stereocenters. The molecule has 0 aromatic carbocycles. The lowest BCUT2D eigenvalue weighted by Gasteiger charge is -2.12. The number of hydrogen-bond donors (Lipinski definition) is 3. The van der Waals surface area contributed by atoms with Crippen molar-refractivity contribution in [2.75, 3.05) is 5.32 Å². The van der Waals surface area contributed by atoms with Crippen LogP contribution in [-0.4, -0.2) is 36.9 Å². The summed E-state index contributed by atoms with van der Waals surface area (Å²) in [5, 5.41) is 17.7. The van der Waals surface area contributed by atoms with Gasteiger partial charge in [-0.2, -0.15) is 5.10 Å². The molecule has 3 N–H and O–H groups in total. The maximum absolute atomic E-state index is 11.7. The fraction of sp³-hybridized carbons (Fsp3) is 0.182. The largest absolute Gasteiger partial charge is 0.479 e. The highest BCUT2D eigenvalue weighted by Gasteiger charge is 2.23. The van der Waals surface area contributed by atoms with Gasteiger partial charge >= 0.3 is 12.0 Å². The molecule has 0 radical (unpaired) electrons. The summed E-state index contributed by atoms with van der Waals surface area (Å²) in [7, 11) is 1.65. The van der Waals surface area contributed by atoms with Crippen molar-refractivity contribution in [3.8, 4) is 0 Å². The van der Waals surface area contributed by atoms with Crippen molar-refractivity contribution in [3.05, 3.63) is 36.4 Å². The highest BCUT2D eigenvalue weighted by Crippen LogP contribution is 2.12. The Labute approximate surface area is 113 Å². The van der Waals surface area contributed by atoms with Crippen LogP contribution >= 0.6 is 0 Å². The lowest BCUT2D eigenvalue weighted by atomic mass is 10.2. The maximum Gasteiger partial charge on any atom is 0.331 e. The molecule has 0 aliphatic carbocycles. The van der Waals surface area contributed by atoms with E-state index >= 15 is 0 Å². The number of anilines is 1. The molecular weight excluding hydrogens is 264 g/mol. The Balaban J connectivity index is 2.05. The molecule has 20 heavy (non-hydrogen) atoms. The number of nitrogens with one attached hydrogen (secondary N) is 2. The van der Waals surface area contributed by atoms with E-state index in [0.29, 0.717) is 5.56 Å². The average Bonchev–Trinajstić information content (AvgIpc) is 2.83. The van der Waals surface area contributed by atoms with E-state index in [1.165, 1.54) is 29.5 Å². The highest BCUT2D eigenvalue weighted by molar-refractivity contribution is 5.91. The van der Waals surface area contributed by atoms with Gasteiger partial charge < -0.3 is 10.4 Å². The van der Waals surface area contributed by atoms with Gasteiger partial charge in [-0.15, -0.1) is 0 Å². The number of carboxylic acids is 1. The Hall–Kier alpha value is -2.97. The molecule has 0 fully saturated rings. The molecule has 0 aliphatic rings. The first-order valence-corrected chi connectivity index (χ1v) is 5.62. The number of carboxylic acid groups (broad SMARTS) is 1. The molecule has 2 aromatic heterocycles. The van der Waals surface area contributed by atoms with Crippen LogP contribution in [0.1, 0.15) is 11.6 Å². The van der Waals surface area contributed by atoms with Crippen molar-refractivity contribution in [1.82, 2.24) is 25.1 Å². The van der Waals surface area contributed by atoms with Crippen LogP contribution in [-0.2, 0) is 11.8 Å². The first kappa shape index (κ1) is 13.5. The predicted octanol–water partition coefficient (Wildman–Crippen LogP) is 0.157. The quantitative estimate of drug-likeness (QED) is 0.731. The minimum Gasteiger partial charge on any atom is -0.479 e. The van der Waals surface area contributed by atoms with Gasteiger partial charge in [0.15, 0.2) is 6.04 Å². The minimum absolute atomic E-state index is 0.0836. The van der Waals surface area contributed by atoms with Gasteiger partial charge in [0.05, 0.1) is 6.20 Å². The van der Waals surface area contributed by atoms with Gasteiger partial charge in [-0.05, 0) is 6.07 Å². The molecule has 1 unspecified atom stereocenters. The lowest BCUT2D eigenvalue weighted by molar-refractivity contribution is -0.139. The van der Waals surface area contributed by atoms with E-state index in [2.05, 4.69) is 25.7 Å². The second-order valence-corrected chi connectivity index (χ2v) is 3.89. The van der Waals surface area contributed by atoms with Crippen molar-refractivity contribution < 1.29 is 14.7 Å². The third-order valence-corrected chi connectivity index (χ3v) is 2.37. The molecule has 2 rings (SSSR count). The smallest absolute Gasteiger partial charge is 0.331 e. The normalized spacial score (nSPS) is 11.7. The molecule has 0 spiro atoms. The third-order valence-electron chi connectivity index (χ3n) is 2.37. The fourth-order valence-electron chi connectivity index (χ4n) is 1.51. The second-order valence-electron chi connectivity index (χ2n) is 3.89. The SMILES string of the molecule is Cn1cc(C(NC(=O)Nc2ncccn2)C(=O)O)cn1. The molecule has 0 saturated heterocycles. The summed E-state index contributed by atoms with van der Waals surface area (Å²) in [6.45, 7) is 0. The monoisotopic (exact) mass is 276 g/mol. The number of carbonyl (C=O) groups is 2. The molecule has 9 nitrogen and oxygen atoms in total. The Morgan fingerprint density at radius 1 is 1.35 bits per heavy atom. The minimum atomic E-state index is -1.20. The molecule has 2 amide bonds. The van der Waals surface area contributed by atoms with Crippen LogP contribution in [0.15, 0.2) is 30.9 Å². The van der Waals surface area contributed by atoms with Crippen molar-refractivity contribution >= 4 is 17.9 Å². The summed E-state index contributed by atoms with van der Waals surface area (Å²) in [4.78, 5) is 30.5. The predicted molar refractivity (Wildman–Crippen MR) is 67.8 cm³/mol. The van der Waals surface area contributed by atoms with Crippen LogP contribution < -0.4 is 10.6 Å². The number of aromatic nitrogens is 4. The topological polar surface area (TPSA) is 122 Å². The number of rotatable bonds is 4. The van der Waals surface area contributed by atoms with Gasteiger partial charge in [0.2, 0.25) is 5.95 Å². The maximum atomic E-state index is 11.7. The van der Waals surface area contributed by atoms with E-state index in [1.54, 1.807) is 13.1 Å². The molecule has 0 bridgehead atoms. The molecule has 0 saturated carbocycles. The van der Waals surface area contributed by atoms with E-state index in [0.717, 1.165) is 0 Å². The summed E-state index contributed by atoms with van der Waals surface area (Å²) < 4.78 is 1.45. The molecule has 0 aliphatic heterocycles. The summed E-state index contributed by atoms with van der Waals surface area (Å²) in [6, 6.07) is -0.321. The second kappa shape index (κ2) is 5.78. The van der Waals surface area contributed by atoms with Gasteiger partial charge in [0.1, 0.15) is 0 Å². The Kier molecular flexibility index (Phi) is 3.89. The summed E-state index contributed by atoms with van der Waals surface area (Å²) in [5.74, 6) is -1.11. The lowest BCUT2D eigenvalue weighted by Crippen LogP contribution is -2.37. The first-order chi connectivity index (χ1) is 9.56. The molecule has 104 valence electrons. The first-order valence-electron chi connectivity index (χ1n) is 5.62. The van der Waals surface area contributed by atoms with E-state index in [-0.39, 0.29) is 5.95 Å².